The van der Waals surface area contributed by atoms with Crippen LogP contribution in [-0.4, -0.2) is 74.9 Å². The number of rotatable bonds is 10. The summed E-state index contributed by atoms with van der Waals surface area (Å²) in [5.74, 6) is 0.926. The number of fused-ring (bicyclic) bond motifs is 1. The smallest absolute Gasteiger partial charge is 0.410 e. The highest BCUT2D eigenvalue weighted by Gasteiger charge is 2.40. The number of nitrogens with zero attached hydrogens (tertiary/aromatic N) is 3. The Balaban J connectivity index is 1.20. The summed E-state index contributed by atoms with van der Waals surface area (Å²) in [5.41, 5.74) is 1.77. The first kappa shape index (κ1) is 29.3. The number of sulfonamides is 1. The van der Waals surface area contributed by atoms with Gasteiger partial charge in [-0.2, -0.15) is 0 Å². The van der Waals surface area contributed by atoms with Crippen molar-refractivity contribution in [2.24, 2.45) is 11.8 Å². The van der Waals surface area contributed by atoms with Gasteiger partial charge in [0.05, 0.1) is 4.90 Å². The number of carbonyl (C=O) groups is 1. The number of likely N-dealkylation sites (N-methyl/N-ethyl adjacent to an activating group) is 1. The van der Waals surface area contributed by atoms with Gasteiger partial charge in [0, 0.05) is 38.6 Å². The van der Waals surface area contributed by atoms with E-state index in [1.807, 2.05) is 59.5 Å². The van der Waals surface area contributed by atoms with Gasteiger partial charge in [0.15, 0.2) is 0 Å². The molecule has 3 aromatic rings. The standard InChI is InChI=1S/C33H41N3O4S/c1-33(30-14-8-4-9-15-30,26-34(2)41(38,39)31-16-10-5-11-17-31)19-21-35-20-18-28-23-36(24-29(28)22-35)32(37)40-25-27-12-6-3-7-13-27/h3-17,28-29H,18-26H2,1-2H3/t28?,29-,33-/m1/s1. The predicted molar refractivity (Wildman–Crippen MR) is 161 cm³/mol. The summed E-state index contributed by atoms with van der Waals surface area (Å²) < 4.78 is 33.8. The third kappa shape index (κ3) is 7.00. The highest BCUT2D eigenvalue weighted by molar-refractivity contribution is 7.89. The monoisotopic (exact) mass is 575 g/mol. The first-order valence-corrected chi connectivity index (χ1v) is 15.9. The molecule has 2 aliphatic rings. The van der Waals surface area contributed by atoms with Gasteiger partial charge in [0.2, 0.25) is 10.0 Å². The fourth-order valence-electron chi connectivity index (χ4n) is 6.32. The van der Waals surface area contributed by atoms with Crippen molar-refractivity contribution in [1.29, 1.82) is 0 Å². The van der Waals surface area contributed by atoms with Crippen LogP contribution in [0.25, 0.3) is 0 Å². The molecule has 0 saturated carbocycles. The van der Waals surface area contributed by atoms with Crippen LogP contribution in [0.2, 0.25) is 0 Å². The molecule has 0 N–H and O–H groups in total. The third-order valence-electron chi connectivity index (χ3n) is 8.82. The van der Waals surface area contributed by atoms with Gasteiger partial charge in [-0.05, 0) is 61.0 Å². The van der Waals surface area contributed by atoms with Gasteiger partial charge in [0.1, 0.15) is 6.61 Å². The third-order valence-corrected chi connectivity index (χ3v) is 10.6. The zero-order valence-corrected chi connectivity index (χ0v) is 24.9. The quantitative estimate of drug-likeness (QED) is 0.331. The van der Waals surface area contributed by atoms with Crippen molar-refractivity contribution >= 4 is 16.1 Å². The van der Waals surface area contributed by atoms with E-state index < -0.39 is 10.0 Å². The van der Waals surface area contributed by atoms with Crippen molar-refractivity contribution in [3.8, 4) is 0 Å². The number of amides is 1. The molecule has 218 valence electrons. The van der Waals surface area contributed by atoms with Gasteiger partial charge >= 0.3 is 6.09 Å². The van der Waals surface area contributed by atoms with E-state index >= 15 is 0 Å². The molecule has 1 unspecified atom stereocenters. The Kier molecular flexibility index (Phi) is 9.12. The molecule has 2 fully saturated rings. The van der Waals surface area contributed by atoms with Crippen molar-refractivity contribution in [2.75, 3.05) is 46.3 Å². The molecule has 8 heteroatoms. The normalized spacial score (nSPS) is 20.9. The van der Waals surface area contributed by atoms with Crippen LogP contribution >= 0.6 is 0 Å². The second-order valence-corrected chi connectivity index (χ2v) is 13.9. The maximum atomic E-state index is 13.4. The summed E-state index contributed by atoms with van der Waals surface area (Å²) in [6.07, 6.45) is 1.65. The van der Waals surface area contributed by atoms with Crippen molar-refractivity contribution in [2.45, 2.75) is 36.7 Å². The molecule has 2 saturated heterocycles. The molecule has 41 heavy (non-hydrogen) atoms. The fraction of sp³-hybridized carbons (Fsp3) is 0.424. The Morgan fingerprint density at radius 1 is 0.902 bits per heavy atom. The number of carbonyl (C=O) groups excluding carboxylic acids is 1. The average molecular weight is 576 g/mol. The summed E-state index contributed by atoms with van der Waals surface area (Å²) in [6, 6.07) is 28.7. The molecule has 0 spiro atoms. The van der Waals surface area contributed by atoms with Crippen molar-refractivity contribution in [3.05, 3.63) is 102 Å². The van der Waals surface area contributed by atoms with Crippen molar-refractivity contribution in [3.63, 3.8) is 0 Å². The zero-order valence-electron chi connectivity index (χ0n) is 24.1. The van der Waals surface area contributed by atoms with Crippen LogP contribution in [0.1, 0.15) is 30.9 Å². The summed E-state index contributed by atoms with van der Waals surface area (Å²) in [6.45, 7) is 7.13. The van der Waals surface area contributed by atoms with Gasteiger partial charge in [-0.25, -0.2) is 17.5 Å². The molecular weight excluding hydrogens is 534 g/mol. The minimum atomic E-state index is -3.60. The Labute approximate surface area is 244 Å². The van der Waals surface area contributed by atoms with Crippen LogP contribution in [-0.2, 0) is 26.8 Å². The molecule has 0 aromatic heterocycles. The molecular formula is C33H41N3O4S. The summed E-state index contributed by atoms with van der Waals surface area (Å²) in [4.78, 5) is 17.5. The molecule has 2 heterocycles. The first-order valence-electron chi connectivity index (χ1n) is 14.5. The Bertz CT molecular complexity index is 1390. The molecule has 7 nitrogen and oxygen atoms in total. The number of piperidine rings is 1. The van der Waals surface area contributed by atoms with Gasteiger partial charge in [0.25, 0.3) is 0 Å². The molecule has 0 radical (unpaired) electrons. The van der Waals surface area contributed by atoms with E-state index in [0.717, 1.165) is 56.7 Å². The Hall–Kier alpha value is -3.20. The van der Waals surface area contributed by atoms with E-state index in [4.69, 9.17) is 4.74 Å². The van der Waals surface area contributed by atoms with Crippen LogP contribution in [0.4, 0.5) is 4.79 Å². The lowest BCUT2D eigenvalue weighted by atomic mass is 9.78. The number of likely N-dealkylation sites (tertiary alicyclic amines) is 2. The summed E-state index contributed by atoms with van der Waals surface area (Å²) in [7, 11) is -1.92. The molecule has 1 amide bonds. The van der Waals surface area contributed by atoms with E-state index in [0.29, 0.717) is 29.9 Å². The summed E-state index contributed by atoms with van der Waals surface area (Å²) in [5, 5.41) is 0. The maximum absolute atomic E-state index is 13.4. The highest BCUT2D eigenvalue weighted by Crippen LogP contribution is 2.34. The fourth-order valence-corrected chi connectivity index (χ4v) is 7.63. The van der Waals surface area contributed by atoms with Crippen LogP contribution < -0.4 is 0 Å². The molecule has 0 aliphatic carbocycles. The molecule has 0 bridgehead atoms. The number of hydrogen-bond donors (Lipinski definition) is 0. The van der Waals surface area contributed by atoms with E-state index in [2.05, 4.69) is 24.0 Å². The number of benzene rings is 3. The van der Waals surface area contributed by atoms with E-state index in [9.17, 15) is 13.2 Å². The van der Waals surface area contributed by atoms with Gasteiger partial charge in [-0.1, -0.05) is 85.8 Å². The van der Waals surface area contributed by atoms with Crippen LogP contribution in [0.5, 0.6) is 0 Å². The molecule has 2 aliphatic heterocycles. The molecule has 5 rings (SSSR count). The largest absolute Gasteiger partial charge is 0.445 e. The number of hydrogen-bond acceptors (Lipinski definition) is 5. The van der Waals surface area contributed by atoms with Crippen molar-refractivity contribution in [1.82, 2.24) is 14.1 Å². The number of ether oxygens (including phenoxy) is 1. The molecule has 3 atom stereocenters. The summed E-state index contributed by atoms with van der Waals surface area (Å²) >= 11 is 0. The SMILES string of the molecule is CN(C[C@@](C)(CCN1CCC2CN(C(=O)OCc3ccccc3)C[C@H]2C1)c1ccccc1)S(=O)(=O)c1ccccc1. The van der Waals surface area contributed by atoms with Gasteiger partial charge < -0.3 is 14.5 Å². The van der Waals surface area contributed by atoms with Gasteiger partial charge in [-0.3, -0.25) is 0 Å². The Morgan fingerprint density at radius 2 is 1.51 bits per heavy atom. The maximum Gasteiger partial charge on any atom is 0.410 e. The minimum absolute atomic E-state index is 0.228. The second kappa shape index (κ2) is 12.8. The zero-order chi connectivity index (χ0) is 28.9. The van der Waals surface area contributed by atoms with E-state index in [1.165, 1.54) is 4.31 Å². The van der Waals surface area contributed by atoms with E-state index in [1.54, 1.807) is 31.3 Å². The van der Waals surface area contributed by atoms with Crippen LogP contribution in [0, 0.1) is 11.8 Å². The first-order chi connectivity index (χ1) is 19.7. The van der Waals surface area contributed by atoms with Crippen molar-refractivity contribution < 1.29 is 17.9 Å². The van der Waals surface area contributed by atoms with Crippen LogP contribution in [0.3, 0.4) is 0 Å². The topological polar surface area (TPSA) is 70.2 Å². The molecule has 3 aromatic carbocycles. The second-order valence-electron chi connectivity index (χ2n) is 11.8. The lowest BCUT2D eigenvalue weighted by Gasteiger charge is -2.39. The highest BCUT2D eigenvalue weighted by atomic mass is 32.2. The van der Waals surface area contributed by atoms with E-state index in [-0.39, 0.29) is 11.5 Å². The van der Waals surface area contributed by atoms with Gasteiger partial charge in [-0.15, -0.1) is 0 Å². The minimum Gasteiger partial charge on any atom is -0.445 e. The lowest BCUT2D eigenvalue weighted by molar-refractivity contribution is 0.102. The average Bonchev–Trinajstić information content (AvgIpc) is 3.44. The van der Waals surface area contributed by atoms with Crippen LogP contribution in [0.15, 0.2) is 95.9 Å². The predicted octanol–water partition coefficient (Wildman–Crippen LogP) is 5.25. The lowest BCUT2D eigenvalue weighted by Crippen LogP contribution is -2.45. The Morgan fingerprint density at radius 3 is 2.20 bits per heavy atom.